The molecule has 2 rings (SSSR count). The Bertz CT molecular complexity index is 454. The van der Waals surface area contributed by atoms with Crippen LogP contribution in [0.2, 0.25) is 0 Å². The van der Waals surface area contributed by atoms with Crippen molar-refractivity contribution in [3.8, 4) is 6.07 Å². The van der Waals surface area contributed by atoms with Crippen molar-refractivity contribution < 1.29 is 4.74 Å². The number of nitrogens with one attached hydrogen (secondary N) is 1. The Hall–Kier alpha value is -1.02. The molecule has 0 amide bonds. The van der Waals surface area contributed by atoms with Gasteiger partial charge < -0.3 is 4.74 Å². The quantitative estimate of drug-likeness (QED) is 0.800. The first-order valence-electron chi connectivity index (χ1n) is 7.72. The smallest absolute Gasteiger partial charge is 0.141 e. The minimum Gasteiger partial charge on any atom is -0.377 e. The van der Waals surface area contributed by atoms with Crippen LogP contribution in [0, 0.1) is 11.3 Å². The zero-order valence-electron chi connectivity index (χ0n) is 12.7. The molecule has 1 heterocycles. The van der Waals surface area contributed by atoms with Crippen LogP contribution in [-0.2, 0) is 10.3 Å². The van der Waals surface area contributed by atoms with E-state index in [1.807, 2.05) is 42.1 Å². The first-order chi connectivity index (χ1) is 10.3. The second kappa shape index (κ2) is 8.43. The minimum absolute atomic E-state index is 0.369. The molecule has 3 nitrogen and oxygen atoms in total. The molecule has 1 aliphatic rings. The Morgan fingerprint density at radius 1 is 1.43 bits per heavy atom. The molecule has 0 bridgehead atoms. The first-order valence-corrected chi connectivity index (χ1v) is 8.87. The summed E-state index contributed by atoms with van der Waals surface area (Å²) in [6.45, 7) is 3.87. The maximum absolute atomic E-state index is 9.79. The molecular weight excluding hydrogens is 280 g/mol. The molecule has 0 spiro atoms. The van der Waals surface area contributed by atoms with Gasteiger partial charge in [0.2, 0.25) is 0 Å². The van der Waals surface area contributed by atoms with Crippen LogP contribution in [0.3, 0.4) is 0 Å². The Labute approximate surface area is 132 Å². The molecule has 0 aliphatic carbocycles. The molecule has 1 aromatic carbocycles. The number of thioether (sulfide) groups is 1. The molecule has 4 heteroatoms. The summed E-state index contributed by atoms with van der Waals surface area (Å²) in [6, 6.07) is 12.6. The standard InChI is InChI=1S/C17H24N2OS/c1-2-10-19-17(13-18,15-7-4-3-5-8-15)14-21-12-16-9-6-11-20-16/h3-5,7-8,16,19H,2,6,9-12,14H2,1H3. The normalized spacial score (nSPS) is 20.9. The number of ether oxygens (including phenoxy) is 1. The van der Waals surface area contributed by atoms with Crippen LogP contribution in [0.4, 0.5) is 0 Å². The molecule has 1 saturated heterocycles. The molecule has 2 unspecified atom stereocenters. The summed E-state index contributed by atoms with van der Waals surface area (Å²) in [6.07, 6.45) is 3.71. The van der Waals surface area contributed by atoms with Crippen molar-refractivity contribution in [2.75, 3.05) is 24.7 Å². The number of nitrogens with zero attached hydrogens (tertiary/aromatic N) is 1. The lowest BCUT2D eigenvalue weighted by molar-refractivity contribution is 0.129. The zero-order valence-corrected chi connectivity index (χ0v) is 13.5. The lowest BCUT2D eigenvalue weighted by atomic mass is 9.93. The molecule has 1 N–H and O–H groups in total. The van der Waals surface area contributed by atoms with E-state index in [1.165, 1.54) is 6.42 Å². The SMILES string of the molecule is CCCNC(C#N)(CSCC1CCCO1)c1ccccc1. The molecule has 2 atom stereocenters. The van der Waals surface area contributed by atoms with E-state index in [0.717, 1.165) is 43.1 Å². The number of rotatable bonds is 8. The van der Waals surface area contributed by atoms with E-state index in [9.17, 15) is 5.26 Å². The van der Waals surface area contributed by atoms with Gasteiger partial charge in [-0.2, -0.15) is 17.0 Å². The van der Waals surface area contributed by atoms with E-state index in [-0.39, 0.29) is 0 Å². The molecule has 0 radical (unpaired) electrons. The lowest BCUT2D eigenvalue weighted by Gasteiger charge is -2.28. The first kappa shape index (κ1) is 16.4. The predicted octanol–water partition coefficient (Wildman–Crippen LogP) is 3.32. The molecular formula is C17H24N2OS. The zero-order chi connectivity index (χ0) is 15.0. The van der Waals surface area contributed by atoms with Crippen molar-refractivity contribution in [2.45, 2.75) is 37.8 Å². The van der Waals surface area contributed by atoms with Gasteiger partial charge in [-0.25, -0.2) is 0 Å². The van der Waals surface area contributed by atoms with Gasteiger partial charge in [-0.1, -0.05) is 37.3 Å². The van der Waals surface area contributed by atoms with Crippen LogP contribution in [0.5, 0.6) is 0 Å². The van der Waals surface area contributed by atoms with Gasteiger partial charge in [0, 0.05) is 18.1 Å². The second-order valence-electron chi connectivity index (χ2n) is 5.46. The van der Waals surface area contributed by atoms with Gasteiger partial charge >= 0.3 is 0 Å². The summed E-state index contributed by atoms with van der Waals surface area (Å²) in [5, 5.41) is 13.2. The summed E-state index contributed by atoms with van der Waals surface area (Å²) in [7, 11) is 0. The fraction of sp³-hybridized carbons (Fsp3) is 0.588. The highest BCUT2D eigenvalue weighted by Crippen LogP contribution is 2.27. The summed E-state index contributed by atoms with van der Waals surface area (Å²) < 4.78 is 5.66. The Kier molecular flexibility index (Phi) is 6.56. The number of nitriles is 1. The monoisotopic (exact) mass is 304 g/mol. The Balaban J connectivity index is 2.02. The van der Waals surface area contributed by atoms with Gasteiger partial charge in [0.15, 0.2) is 0 Å². The topological polar surface area (TPSA) is 45.0 Å². The fourth-order valence-corrected chi connectivity index (χ4v) is 3.84. The third-order valence-corrected chi connectivity index (χ3v) is 5.03. The summed E-state index contributed by atoms with van der Waals surface area (Å²) in [5.74, 6) is 1.73. The molecule has 0 aromatic heterocycles. The number of hydrogen-bond acceptors (Lipinski definition) is 4. The van der Waals surface area contributed by atoms with Crippen LogP contribution in [0.25, 0.3) is 0 Å². The largest absolute Gasteiger partial charge is 0.377 e. The van der Waals surface area contributed by atoms with Gasteiger partial charge in [0.1, 0.15) is 5.54 Å². The number of hydrogen-bond donors (Lipinski definition) is 1. The summed E-state index contributed by atoms with van der Waals surface area (Å²) in [5.41, 5.74) is 0.460. The van der Waals surface area contributed by atoms with E-state index in [1.54, 1.807) is 0 Å². The minimum atomic E-state index is -0.597. The fourth-order valence-electron chi connectivity index (χ4n) is 2.55. The average molecular weight is 304 g/mol. The molecule has 1 fully saturated rings. The van der Waals surface area contributed by atoms with Gasteiger partial charge in [0.25, 0.3) is 0 Å². The van der Waals surface area contributed by atoms with Gasteiger partial charge in [-0.15, -0.1) is 0 Å². The highest BCUT2D eigenvalue weighted by atomic mass is 32.2. The molecule has 114 valence electrons. The van der Waals surface area contributed by atoms with Crippen molar-refractivity contribution in [2.24, 2.45) is 0 Å². The van der Waals surface area contributed by atoms with Crippen LogP contribution in [0.15, 0.2) is 30.3 Å². The molecule has 21 heavy (non-hydrogen) atoms. The van der Waals surface area contributed by atoms with Gasteiger partial charge in [-0.3, -0.25) is 5.32 Å². The van der Waals surface area contributed by atoms with Gasteiger partial charge in [-0.05, 0) is 31.4 Å². The average Bonchev–Trinajstić information content (AvgIpc) is 3.05. The van der Waals surface area contributed by atoms with Crippen molar-refractivity contribution in [1.82, 2.24) is 5.32 Å². The van der Waals surface area contributed by atoms with Crippen LogP contribution >= 0.6 is 11.8 Å². The maximum atomic E-state index is 9.79. The lowest BCUT2D eigenvalue weighted by Crippen LogP contribution is -2.44. The van der Waals surface area contributed by atoms with Crippen molar-refractivity contribution in [3.63, 3.8) is 0 Å². The van der Waals surface area contributed by atoms with E-state index < -0.39 is 5.54 Å². The number of benzene rings is 1. The molecule has 1 aromatic rings. The van der Waals surface area contributed by atoms with Crippen LogP contribution < -0.4 is 5.32 Å². The summed E-state index contributed by atoms with van der Waals surface area (Å²) in [4.78, 5) is 0. The van der Waals surface area contributed by atoms with Crippen molar-refractivity contribution >= 4 is 11.8 Å². The van der Waals surface area contributed by atoms with E-state index in [4.69, 9.17) is 4.74 Å². The van der Waals surface area contributed by atoms with E-state index >= 15 is 0 Å². The Morgan fingerprint density at radius 3 is 2.86 bits per heavy atom. The predicted molar refractivity (Wildman–Crippen MR) is 88.3 cm³/mol. The maximum Gasteiger partial charge on any atom is 0.141 e. The highest BCUT2D eigenvalue weighted by molar-refractivity contribution is 7.99. The summed E-state index contributed by atoms with van der Waals surface area (Å²) >= 11 is 1.82. The van der Waals surface area contributed by atoms with E-state index in [0.29, 0.717) is 6.10 Å². The third kappa shape index (κ3) is 4.47. The van der Waals surface area contributed by atoms with Crippen molar-refractivity contribution in [3.05, 3.63) is 35.9 Å². The van der Waals surface area contributed by atoms with Crippen LogP contribution in [0.1, 0.15) is 31.7 Å². The van der Waals surface area contributed by atoms with Crippen molar-refractivity contribution in [1.29, 1.82) is 5.26 Å². The Morgan fingerprint density at radius 2 is 2.24 bits per heavy atom. The van der Waals surface area contributed by atoms with E-state index in [2.05, 4.69) is 18.3 Å². The molecule has 0 saturated carbocycles. The second-order valence-corrected chi connectivity index (χ2v) is 6.49. The van der Waals surface area contributed by atoms with Crippen LogP contribution in [-0.4, -0.2) is 30.8 Å². The molecule has 1 aliphatic heterocycles. The highest BCUT2D eigenvalue weighted by Gasteiger charge is 2.32. The van der Waals surface area contributed by atoms with Gasteiger partial charge in [0.05, 0.1) is 12.2 Å². The third-order valence-electron chi connectivity index (χ3n) is 3.78.